The zero-order valence-corrected chi connectivity index (χ0v) is 22.1. The predicted molar refractivity (Wildman–Crippen MR) is 144 cm³/mol. The van der Waals surface area contributed by atoms with Crippen LogP contribution in [0.2, 0.25) is 0 Å². The topological polar surface area (TPSA) is 62.7 Å². The quantitative estimate of drug-likeness (QED) is 0.400. The van der Waals surface area contributed by atoms with Gasteiger partial charge in [0.25, 0.3) is 0 Å². The van der Waals surface area contributed by atoms with E-state index in [9.17, 15) is 9.59 Å². The van der Waals surface area contributed by atoms with Crippen molar-refractivity contribution in [2.24, 2.45) is 0 Å². The maximum absolute atomic E-state index is 13.0. The summed E-state index contributed by atoms with van der Waals surface area (Å²) >= 11 is 1.53. The number of ether oxygens (including phenoxy) is 1. The largest absolute Gasteiger partial charge is 0.494 e. The SMILES string of the molecule is CCOc1ccc2sc(N3C(C)=C(C(C)=O)C(c4ccc(N(C)C)cc4)C(C(C)=O)=C3C)nc2c1. The number of aromatic nitrogens is 1. The first-order valence-electron chi connectivity index (χ1n) is 11.7. The highest BCUT2D eigenvalue weighted by Crippen LogP contribution is 2.46. The van der Waals surface area contributed by atoms with Crippen molar-refractivity contribution < 1.29 is 14.3 Å². The molecule has 0 N–H and O–H groups in total. The van der Waals surface area contributed by atoms with Gasteiger partial charge >= 0.3 is 0 Å². The molecule has 35 heavy (non-hydrogen) atoms. The van der Waals surface area contributed by atoms with Gasteiger partial charge in [-0.05, 0) is 64.4 Å². The Hall–Kier alpha value is -3.45. The maximum Gasteiger partial charge on any atom is 0.195 e. The second-order valence-electron chi connectivity index (χ2n) is 8.92. The Morgan fingerprint density at radius 2 is 1.60 bits per heavy atom. The summed E-state index contributed by atoms with van der Waals surface area (Å²) in [6.45, 7) is 9.56. The Morgan fingerprint density at radius 1 is 1.00 bits per heavy atom. The van der Waals surface area contributed by atoms with Gasteiger partial charge in [-0.15, -0.1) is 0 Å². The summed E-state index contributed by atoms with van der Waals surface area (Å²) in [4.78, 5) is 34.9. The number of nitrogens with zero attached hydrogens (tertiary/aromatic N) is 3. The summed E-state index contributed by atoms with van der Waals surface area (Å²) in [5, 5.41) is 0.725. The summed E-state index contributed by atoms with van der Waals surface area (Å²) in [7, 11) is 3.97. The van der Waals surface area contributed by atoms with Crippen molar-refractivity contribution in [1.29, 1.82) is 0 Å². The molecule has 0 saturated carbocycles. The number of hydrogen-bond acceptors (Lipinski definition) is 7. The number of thiazole rings is 1. The fourth-order valence-corrected chi connectivity index (χ4v) is 5.85. The van der Waals surface area contributed by atoms with E-state index in [2.05, 4.69) is 0 Å². The Morgan fingerprint density at radius 3 is 2.11 bits per heavy atom. The van der Waals surface area contributed by atoms with Gasteiger partial charge < -0.3 is 9.64 Å². The van der Waals surface area contributed by atoms with E-state index in [1.54, 1.807) is 13.8 Å². The molecule has 182 valence electrons. The Bertz CT molecular complexity index is 1330. The van der Waals surface area contributed by atoms with Crippen molar-refractivity contribution in [3.05, 3.63) is 70.6 Å². The molecule has 0 radical (unpaired) electrons. The molecule has 0 bridgehead atoms. The summed E-state index contributed by atoms with van der Waals surface area (Å²) in [6.07, 6.45) is 0. The molecule has 0 fully saturated rings. The van der Waals surface area contributed by atoms with Crippen molar-refractivity contribution in [1.82, 2.24) is 4.98 Å². The van der Waals surface area contributed by atoms with Crippen LogP contribution >= 0.6 is 11.3 Å². The van der Waals surface area contributed by atoms with Gasteiger partial charge in [0.05, 0.1) is 16.8 Å². The van der Waals surface area contributed by atoms with Crippen LogP contribution in [-0.4, -0.2) is 37.3 Å². The van der Waals surface area contributed by atoms with Gasteiger partial charge in [-0.2, -0.15) is 0 Å². The van der Waals surface area contributed by atoms with Crippen molar-refractivity contribution >= 4 is 43.9 Å². The van der Waals surface area contributed by atoms with Crippen LogP contribution in [0.15, 0.2) is 65.0 Å². The average Bonchev–Trinajstić information content (AvgIpc) is 3.21. The van der Waals surface area contributed by atoms with E-state index >= 15 is 0 Å². The van der Waals surface area contributed by atoms with Gasteiger partial charge in [-0.1, -0.05) is 23.5 Å². The molecule has 1 aromatic heterocycles. The molecule has 7 heteroatoms. The minimum absolute atomic E-state index is 0.0554. The number of benzene rings is 2. The first kappa shape index (κ1) is 24.7. The number of carbonyl (C=O) groups is 2. The standard InChI is InChI=1S/C28H31N3O3S/c1-8-34-22-13-14-24-23(15-22)29-28(35-24)31-16(2)25(18(4)32)27(26(17(31)3)19(5)33)20-9-11-21(12-10-20)30(6)7/h9-15,27H,8H2,1-7H3. The molecule has 6 nitrogen and oxygen atoms in total. The van der Waals surface area contributed by atoms with Crippen molar-refractivity contribution in [2.75, 3.05) is 30.5 Å². The number of fused-ring (bicyclic) bond motifs is 1. The molecular formula is C28H31N3O3S. The summed E-state index contributed by atoms with van der Waals surface area (Å²) in [5.74, 6) is 0.238. The number of anilines is 2. The van der Waals surface area contributed by atoms with Crippen molar-refractivity contribution in [2.45, 2.75) is 40.5 Å². The van der Waals surface area contributed by atoms with Crippen LogP contribution in [0.5, 0.6) is 5.75 Å². The van der Waals surface area contributed by atoms with Crippen LogP contribution in [0, 0.1) is 0 Å². The third-order valence-electron chi connectivity index (χ3n) is 6.38. The van der Waals surface area contributed by atoms with Crippen LogP contribution in [-0.2, 0) is 9.59 Å². The van der Waals surface area contributed by atoms with Crippen LogP contribution in [0.25, 0.3) is 10.2 Å². The molecule has 0 atom stereocenters. The lowest BCUT2D eigenvalue weighted by Gasteiger charge is -2.37. The van der Waals surface area contributed by atoms with E-state index in [0.29, 0.717) is 17.8 Å². The Labute approximate surface area is 210 Å². The fraction of sp³-hybridized carbons (Fsp3) is 0.321. The third kappa shape index (κ3) is 4.48. The van der Waals surface area contributed by atoms with E-state index in [1.807, 2.05) is 87.1 Å². The molecule has 0 amide bonds. The second-order valence-corrected chi connectivity index (χ2v) is 9.93. The fourth-order valence-electron chi connectivity index (χ4n) is 4.80. The second kappa shape index (κ2) is 9.66. The van der Waals surface area contributed by atoms with Gasteiger partial charge in [-0.3, -0.25) is 14.5 Å². The van der Waals surface area contributed by atoms with Gasteiger partial charge in [0.2, 0.25) is 0 Å². The molecule has 0 saturated heterocycles. The maximum atomic E-state index is 13.0. The highest BCUT2D eigenvalue weighted by molar-refractivity contribution is 7.22. The van der Waals surface area contributed by atoms with Crippen LogP contribution in [0.3, 0.4) is 0 Å². The number of allylic oxidation sites excluding steroid dienone is 4. The molecule has 0 aliphatic carbocycles. The van der Waals surface area contributed by atoms with Crippen LogP contribution < -0.4 is 14.5 Å². The zero-order valence-electron chi connectivity index (χ0n) is 21.3. The monoisotopic (exact) mass is 489 g/mol. The highest BCUT2D eigenvalue weighted by Gasteiger charge is 2.38. The lowest BCUT2D eigenvalue weighted by atomic mass is 9.77. The minimum atomic E-state index is -0.420. The zero-order chi connectivity index (χ0) is 25.4. The molecule has 0 unspecified atom stereocenters. The minimum Gasteiger partial charge on any atom is -0.494 e. The van der Waals surface area contributed by atoms with Crippen LogP contribution in [0.4, 0.5) is 10.8 Å². The van der Waals surface area contributed by atoms with Crippen molar-refractivity contribution in [3.8, 4) is 5.75 Å². The summed E-state index contributed by atoms with van der Waals surface area (Å²) < 4.78 is 6.65. The number of Topliss-reactive ketones (excluding diaryl/α,β-unsaturated/α-hetero) is 2. The Balaban J connectivity index is 1.89. The average molecular weight is 490 g/mol. The molecule has 2 heterocycles. The summed E-state index contributed by atoms with van der Waals surface area (Å²) in [6, 6.07) is 13.9. The van der Waals surface area contributed by atoms with E-state index in [-0.39, 0.29) is 11.6 Å². The number of hydrogen-bond donors (Lipinski definition) is 0. The lowest BCUT2D eigenvalue weighted by molar-refractivity contribution is -0.114. The van der Waals surface area contributed by atoms with Gasteiger partial charge in [0.15, 0.2) is 16.7 Å². The first-order valence-corrected chi connectivity index (χ1v) is 12.5. The van der Waals surface area contributed by atoms with Gasteiger partial charge in [0, 0.05) is 54.3 Å². The van der Waals surface area contributed by atoms with Gasteiger partial charge in [0.1, 0.15) is 5.75 Å². The van der Waals surface area contributed by atoms with E-state index in [4.69, 9.17) is 9.72 Å². The van der Waals surface area contributed by atoms with E-state index in [1.165, 1.54) is 11.3 Å². The normalized spacial score (nSPS) is 14.7. The van der Waals surface area contributed by atoms with E-state index < -0.39 is 5.92 Å². The Kier molecular flexibility index (Phi) is 6.81. The first-order chi connectivity index (χ1) is 16.6. The molecule has 3 aromatic rings. The number of rotatable bonds is 7. The molecule has 2 aromatic carbocycles. The smallest absolute Gasteiger partial charge is 0.195 e. The molecule has 1 aliphatic rings. The summed E-state index contributed by atoms with van der Waals surface area (Å²) in [5.41, 5.74) is 5.64. The molecule has 1 aliphatic heterocycles. The molecular weight excluding hydrogens is 458 g/mol. The lowest BCUT2D eigenvalue weighted by Crippen LogP contribution is -2.33. The van der Waals surface area contributed by atoms with E-state index in [0.717, 1.165) is 43.7 Å². The van der Waals surface area contributed by atoms with Gasteiger partial charge in [-0.25, -0.2) is 4.98 Å². The van der Waals surface area contributed by atoms with Crippen LogP contribution in [0.1, 0.15) is 46.1 Å². The third-order valence-corrected chi connectivity index (χ3v) is 7.40. The molecule has 4 rings (SSSR count). The predicted octanol–water partition coefficient (Wildman–Crippen LogP) is 6.09. The highest BCUT2D eigenvalue weighted by atomic mass is 32.1. The number of ketones is 2. The number of carbonyl (C=O) groups excluding carboxylic acids is 2. The molecule has 0 spiro atoms. The van der Waals surface area contributed by atoms with Crippen molar-refractivity contribution in [3.63, 3.8) is 0 Å².